The van der Waals surface area contributed by atoms with Crippen molar-refractivity contribution < 1.29 is 13.2 Å². The van der Waals surface area contributed by atoms with Crippen LogP contribution in [-0.4, -0.2) is 26.7 Å². The van der Waals surface area contributed by atoms with Crippen molar-refractivity contribution in [3.05, 3.63) is 29.3 Å². The summed E-state index contributed by atoms with van der Waals surface area (Å²) in [5.41, 5.74) is -0.150. The van der Waals surface area contributed by atoms with Gasteiger partial charge in [-0.05, 0) is 50.0 Å². The van der Waals surface area contributed by atoms with Gasteiger partial charge in [-0.1, -0.05) is 0 Å². The average Bonchev–Trinajstić information content (AvgIpc) is 2.46. The van der Waals surface area contributed by atoms with Crippen LogP contribution in [-0.2, 0) is 6.18 Å². The quantitative estimate of drug-likeness (QED) is 0.932. The van der Waals surface area contributed by atoms with E-state index in [0.717, 1.165) is 44.6 Å². The lowest BCUT2D eigenvalue weighted by atomic mass is 9.97. The fourth-order valence-corrected chi connectivity index (χ4v) is 2.68. The number of nitriles is 1. The zero-order valence-electron chi connectivity index (χ0n) is 11.9. The molecule has 2 rings (SSSR count). The van der Waals surface area contributed by atoms with E-state index >= 15 is 0 Å². The lowest BCUT2D eigenvalue weighted by Gasteiger charge is -2.29. The lowest BCUT2D eigenvalue weighted by molar-refractivity contribution is -0.137. The van der Waals surface area contributed by atoms with E-state index in [1.807, 2.05) is 18.0 Å². The van der Waals surface area contributed by atoms with E-state index in [4.69, 9.17) is 5.26 Å². The van der Waals surface area contributed by atoms with Crippen LogP contribution in [0.5, 0.6) is 0 Å². The highest BCUT2D eigenvalue weighted by Gasteiger charge is 2.31. The molecule has 21 heavy (non-hydrogen) atoms. The number of nitrogens with one attached hydrogen (secondary N) is 1. The molecular formula is C15H18F3N3. The summed E-state index contributed by atoms with van der Waals surface area (Å²) in [5.74, 6) is 0.505. The molecule has 0 atom stereocenters. The Balaban J connectivity index is 2.16. The Morgan fingerprint density at radius 3 is 2.57 bits per heavy atom. The number of piperidine rings is 1. The smallest absolute Gasteiger partial charge is 0.373 e. The van der Waals surface area contributed by atoms with E-state index in [2.05, 4.69) is 5.32 Å². The van der Waals surface area contributed by atoms with Crippen molar-refractivity contribution in [2.75, 3.05) is 31.6 Å². The zero-order valence-corrected chi connectivity index (χ0v) is 11.9. The molecule has 0 amide bonds. The predicted octanol–water partition coefficient (Wildman–Crippen LogP) is 3.01. The summed E-state index contributed by atoms with van der Waals surface area (Å²) in [4.78, 5) is 1.88. The van der Waals surface area contributed by atoms with Gasteiger partial charge in [-0.25, -0.2) is 0 Å². The third kappa shape index (κ3) is 3.88. The summed E-state index contributed by atoms with van der Waals surface area (Å²) in [5, 5.41) is 12.4. The van der Waals surface area contributed by atoms with Crippen molar-refractivity contribution >= 4 is 5.69 Å². The predicted molar refractivity (Wildman–Crippen MR) is 75.0 cm³/mol. The molecule has 0 spiro atoms. The van der Waals surface area contributed by atoms with Gasteiger partial charge >= 0.3 is 6.18 Å². The molecule has 114 valence electrons. The molecular weight excluding hydrogens is 279 g/mol. The highest BCUT2D eigenvalue weighted by atomic mass is 19.4. The van der Waals surface area contributed by atoms with Gasteiger partial charge in [0.15, 0.2) is 0 Å². The SMILES string of the molecule is CN(CC1CCNCC1)c1ccc(C(F)(F)F)cc1C#N. The van der Waals surface area contributed by atoms with Crippen LogP contribution in [0.15, 0.2) is 18.2 Å². The number of benzene rings is 1. The second-order valence-electron chi connectivity index (χ2n) is 5.42. The third-order valence-corrected chi connectivity index (χ3v) is 3.85. The zero-order chi connectivity index (χ0) is 15.5. The maximum atomic E-state index is 12.7. The van der Waals surface area contributed by atoms with E-state index < -0.39 is 11.7 Å². The van der Waals surface area contributed by atoms with Crippen molar-refractivity contribution in [3.63, 3.8) is 0 Å². The van der Waals surface area contributed by atoms with Crippen LogP contribution in [0.4, 0.5) is 18.9 Å². The van der Waals surface area contributed by atoms with Crippen LogP contribution in [0.2, 0.25) is 0 Å². The van der Waals surface area contributed by atoms with Gasteiger partial charge in [0, 0.05) is 13.6 Å². The van der Waals surface area contributed by atoms with Crippen LogP contribution in [0.1, 0.15) is 24.0 Å². The van der Waals surface area contributed by atoms with E-state index in [1.54, 1.807) is 0 Å². The number of nitrogens with zero attached hydrogens (tertiary/aromatic N) is 2. The van der Waals surface area contributed by atoms with Crippen LogP contribution in [0.3, 0.4) is 0 Å². The van der Waals surface area contributed by atoms with Gasteiger partial charge in [0.1, 0.15) is 6.07 Å². The first-order chi connectivity index (χ1) is 9.91. The molecule has 1 aromatic rings. The van der Waals surface area contributed by atoms with Gasteiger partial charge in [-0.2, -0.15) is 18.4 Å². The molecule has 1 heterocycles. The summed E-state index contributed by atoms with van der Waals surface area (Å²) in [6.07, 6.45) is -2.32. The monoisotopic (exact) mass is 297 g/mol. The third-order valence-electron chi connectivity index (χ3n) is 3.85. The standard InChI is InChI=1S/C15H18F3N3/c1-21(10-11-4-6-20-7-5-11)14-3-2-13(15(16,17)18)8-12(14)9-19/h2-3,8,11,20H,4-7,10H2,1H3. The molecule has 0 radical (unpaired) electrons. The Labute approximate surface area is 122 Å². The lowest BCUT2D eigenvalue weighted by Crippen LogP contribution is -2.34. The van der Waals surface area contributed by atoms with Crippen molar-refractivity contribution in [1.82, 2.24) is 5.32 Å². The van der Waals surface area contributed by atoms with Crippen LogP contribution in [0, 0.1) is 17.2 Å². The summed E-state index contributed by atoms with van der Waals surface area (Å²) in [7, 11) is 1.82. The van der Waals surface area contributed by atoms with Gasteiger partial charge in [0.25, 0.3) is 0 Å². The van der Waals surface area contributed by atoms with Crippen molar-refractivity contribution in [1.29, 1.82) is 5.26 Å². The highest BCUT2D eigenvalue weighted by molar-refractivity contribution is 5.60. The minimum Gasteiger partial charge on any atom is -0.373 e. The second-order valence-corrected chi connectivity index (χ2v) is 5.42. The molecule has 3 nitrogen and oxygen atoms in total. The minimum absolute atomic E-state index is 0.0706. The molecule has 0 saturated carbocycles. The van der Waals surface area contributed by atoms with Crippen LogP contribution < -0.4 is 10.2 Å². The second kappa shape index (κ2) is 6.35. The van der Waals surface area contributed by atoms with E-state index in [-0.39, 0.29) is 5.56 Å². The largest absolute Gasteiger partial charge is 0.416 e. The average molecular weight is 297 g/mol. The Bertz CT molecular complexity index is 528. The van der Waals surface area contributed by atoms with E-state index in [1.165, 1.54) is 6.07 Å². The summed E-state index contributed by atoms with van der Waals surface area (Å²) in [6, 6.07) is 5.23. The normalized spacial score (nSPS) is 16.5. The van der Waals surface area contributed by atoms with E-state index in [0.29, 0.717) is 11.6 Å². The number of halogens is 3. The summed E-state index contributed by atoms with van der Waals surface area (Å²) >= 11 is 0. The maximum absolute atomic E-state index is 12.7. The molecule has 0 aromatic heterocycles. The Morgan fingerprint density at radius 2 is 2.00 bits per heavy atom. The van der Waals surface area contributed by atoms with Gasteiger partial charge in [-0.3, -0.25) is 0 Å². The van der Waals surface area contributed by atoms with E-state index in [9.17, 15) is 13.2 Å². The van der Waals surface area contributed by atoms with Gasteiger partial charge in [0.2, 0.25) is 0 Å². The molecule has 1 saturated heterocycles. The molecule has 0 aliphatic carbocycles. The Kier molecular flexibility index (Phi) is 4.73. The van der Waals surface area contributed by atoms with Crippen molar-refractivity contribution in [2.24, 2.45) is 5.92 Å². The molecule has 0 unspecified atom stereocenters. The Hall–Kier alpha value is -1.74. The molecule has 0 bridgehead atoms. The first-order valence-corrected chi connectivity index (χ1v) is 6.95. The van der Waals surface area contributed by atoms with Crippen LogP contribution >= 0.6 is 0 Å². The maximum Gasteiger partial charge on any atom is 0.416 e. The summed E-state index contributed by atoms with van der Waals surface area (Å²) in [6.45, 7) is 2.69. The van der Waals surface area contributed by atoms with Crippen molar-refractivity contribution in [3.8, 4) is 6.07 Å². The number of alkyl halides is 3. The van der Waals surface area contributed by atoms with Crippen LogP contribution in [0.25, 0.3) is 0 Å². The fraction of sp³-hybridized carbons (Fsp3) is 0.533. The molecule has 1 aliphatic rings. The number of hydrogen-bond acceptors (Lipinski definition) is 3. The number of rotatable bonds is 3. The van der Waals surface area contributed by atoms with Gasteiger partial charge in [-0.15, -0.1) is 0 Å². The molecule has 1 fully saturated rings. The molecule has 1 aliphatic heterocycles. The molecule has 6 heteroatoms. The van der Waals surface area contributed by atoms with Gasteiger partial charge in [0.05, 0.1) is 16.8 Å². The first-order valence-electron chi connectivity index (χ1n) is 6.95. The Morgan fingerprint density at radius 1 is 1.33 bits per heavy atom. The van der Waals surface area contributed by atoms with Crippen molar-refractivity contribution in [2.45, 2.75) is 19.0 Å². The number of anilines is 1. The minimum atomic E-state index is -4.42. The molecule has 1 aromatic carbocycles. The number of hydrogen-bond donors (Lipinski definition) is 1. The fourth-order valence-electron chi connectivity index (χ4n) is 2.68. The van der Waals surface area contributed by atoms with Gasteiger partial charge < -0.3 is 10.2 Å². The topological polar surface area (TPSA) is 39.1 Å². The first kappa shape index (κ1) is 15.6. The highest BCUT2D eigenvalue weighted by Crippen LogP contribution is 2.32. The summed E-state index contributed by atoms with van der Waals surface area (Å²) < 4.78 is 38.0. The molecule has 1 N–H and O–H groups in total.